The molecule has 0 aliphatic carbocycles. The van der Waals surface area contributed by atoms with Crippen LogP contribution in [0.3, 0.4) is 0 Å². The van der Waals surface area contributed by atoms with Crippen molar-refractivity contribution < 1.29 is 0 Å². The van der Waals surface area contributed by atoms with Gasteiger partial charge in [-0.05, 0) is 24.3 Å². The van der Waals surface area contributed by atoms with Gasteiger partial charge >= 0.3 is 0 Å². The Hall–Kier alpha value is -2.27. The van der Waals surface area contributed by atoms with Gasteiger partial charge in [0.15, 0.2) is 0 Å². The summed E-state index contributed by atoms with van der Waals surface area (Å²) >= 11 is 1.60. The number of nitrogens with two attached hydrogens (primary N) is 1. The number of para-hydroxylation sites is 1. The van der Waals surface area contributed by atoms with E-state index in [0.717, 1.165) is 15.4 Å². The lowest BCUT2D eigenvalue weighted by atomic mass is 10.3. The van der Waals surface area contributed by atoms with Crippen molar-refractivity contribution in [3.63, 3.8) is 0 Å². The van der Waals surface area contributed by atoms with Crippen LogP contribution in [0.4, 0.5) is 0 Å². The van der Waals surface area contributed by atoms with E-state index < -0.39 is 0 Å². The molecule has 94 valence electrons. The first-order valence-electron chi connectivity index (χ1n) is 5.78. The Labute approximate surface area is 114 Å². The third kappa shape index (κ3) is 2.46. The zero-order valence-corrected chi connectivity index (χ0v) is 10.9. The van der Waals surface area contributed by atoms with Crippen molar-refractivity contribution in [3.8, 4) is 0 Å². The average Bonchev–Trinajstić information content (AvgIpc) is 2.81. The van der Waals surface area contributed by atoms with Crippen LogP contribution in [-0.2, 0) is 0 Å². The molecule has 0 atom stereocenters. The third-order valence-electron chi connectivity index (χ3n) is 2.75. The number of hydrogen-bond donors (Lipinski definition) is 3. The first-order chi connectivity index (χ1) is 9.22. The molecule has 0 radical (unpaired) electrons. The smallest absolute Gasteiger partial charge is 0.141 e. The number of hydrogen-bond acceptors (Lipinski definition) is 3. The summed E-state index contributed by atoms with van der Waals surface area (Å²) in [5, 5.41) is 9.56. The molecule has 1 aromatic carbocycles. The Bertz CT molecular complexity index is 698. The molecule has 0 saturated carbocycles. The number of nitrogen functional groups attached to an aromatic ring is 1. The standard InChI is InChI=1S/C14H12N4S/c15-14(16)12-6-5-10(8-17-12)19-13-7-9-3-1-2-4-11(9)18-13/h1-8,18H,(H3,15,16). The van der Waals surface area contributed by atoms with Gasteiger partial charge in [0.05, 0.1) is 5.03 Å². The monoisotopic (exact) mass is 268 g/mol. The number of pyridine rings is 1. The lowest BCUT2D eigenvalue weighted by molar-refractivity contribution is 1.18. The minimum Gasteiger partial charge on any atom is -0.382 e. The summed E-state index contributed by atoms with van der Waals surface area (Å²) in [5.74, 6) is -0.0119. The first kappa shape index (κ1) is 11.8. The van der Waals surface area contributed by atoms with Crippen molar-refractivity contribution in [2.75, 3.05) is 0 Å². The van der Waals surface area contributed by atoms with Crippen molar-refractivity contribution in [1.82, 2.24) is 9.97 Å². The molecule has 5 heteroatoms. The summed E-state index contributed by atoms with van der Waals surface area (Å²) in [6.07, 6.45) is 1.73. The molecule has 4 nitrogen and oxygen atoms in total. The highest BCUT2D eigenvalue weighted by atomic mass is 32.2. The maximum absolute atomic E-state index is 7.30. The van der Waals surface area contributed by atoms with E-state index in [1.54, 1.807) is 24.0 Å². The van der Waals surface area contributed by atoms with E-state index in [4.69, 9.17) is 11.1 Å². The number of amidine groups is 1. The number of nitrogens with zero attached hydrogens (tertiary/aromatic N) is 1. The van der Waals surface area contributed by atoms with Gasteiger partial charge in [0, 0.05) is 22.0 Å². The Kier molecular flexibility index (Phi) is 2.97. The fourth-order valence-electron chi connectivity index (χ4n) is 1.83. The van der Waals surface area contributed by atoms with Gasteiger partial charge in [-0.1, -0.05) is 30.0 Å². The van der Waals surface area contributed by atoms with Gasteiger partial charge in [-0.25, -0.2) is 0 Å². The summed E-state index contributed by atoms with van der Waals surface area (Å²) in [6.45, 7) is 0. The van der Waals surface area contributed by atoms with Gasteiger partial charge in [0.25, 0.3) is 0 Å². The Morgan fingerprint density at radius 3 is 2.74 bits per heavy atom. The highest BCUT2D eigenvalue weighted by molar-refractivity contribution is 7.99. The van der Waals surface area contributed by atoms with Gasteiger partial charge in [0.2, 0.25) is 0 Å². The van der Waals surface area contributed by atoms with Crippen LogP contribution in [0.1, 0.15) is 5.69 Å². The van der Waals surface area contributed by atoms with Crippen LogP contribution < -0.4 is 5.73 Å². The molecule has 3 rings (SSSR count). The number of aromatic amines is 1. The molecule has 19 heavy (non-hydrogen) atoms. The van der Waals surface area contributed by atoms with Crippen LogP contribution in [0.15, 0.2) is 58.6 Å². The van der Waals surface area contributed by atoms with Crippen LogP contribution in [0.25, 0.3) is 10.9 Å². The van der Waals surface area contributed by atoms with Gasteiger partial charge < -0.3 is 10.7 Å². The molecule has 2 aromatic heterocycles. The number of aromatic nitrogens is 2. The molecule has 0 spiro atoms. The molecule has 0 unspecified atom stereocenters. The second-order valence-electron chi connectivity index (χ2n) is 4.12. The minimum absolute atomic E-state index is 0.0119. The largest absolute Gasteiger partial charge is 0.382 e. The van der Waals surface area contributed by atoms with Crippen LogP contribution >= 0.6 is 11.8 Å². The molecule has 0 aliphatic heterocycles. The molecule has 0 aliphatic rings. The maximum Gasteiger partial charge on any atom is 0.141 e. The van der Waals surface area contributed by atoms with Gasteiger partial charge in [-0.15, -0.1) is 0 Å². The van der Waals surface area contributed by atoms with E-state index in [1.807, 2.05) is 18.2 Å². The molecular formula is C14H12N4S. The van der Waals surface area contributed by atoms with E-state index in [0.29, 0.717) is 5.69 Å². The Morgan fingerprint density at radius 1 is 1.21 bits per heavy atom. The summed E-state index contributed by atoms with van der Waals surface area (Å²) in [5.41, 5.74) is 7.00. The molecule has 0 bridgehead atoms. The van der Waals surface area contributed by atoms with Crippen molar-refractivity contribution in [1.29, 1.82) is 5.41 Å². The molecule has 2 heterocycles. The zero-order chi connectivity index (χ0) is 13.2. The van der Waals surface area contributed by atoms with Gasteiger partial charge in [-0.2, -0.15) is 0 Å². The minimum atomic E-state index is -0.0119. The molecule has 0 amide bonds. The topological polar surface area (TPSA) is 78.5 Å². The highest BCUT2D eigenvalue weighted by Gasteiger charge is 2.04. The highest BCUT2D eigenvalue weighted by Crippen LogP contribution is 2.29. The number of benzene rings is 1. The van der Waals surface area contributed by atoms with E-state index in [-0.39, 0.29) is 5.84 Å². The van der Waals surface area contributed by atoms with Gasteiger partial charge in [-0.3, -0.25) is 10.4 Å². The average molecular weight is 268 g/mol. The van der Waals surface area contributed by atoms with E-state index in [2.05, 4.69) is 28.2 Å². The van der Waals surface area contributed by atoms with Crippen LogP contribution in [0.5, 0.6) is 0 Å². The van der Waals surface area contributed by atoms with E-state index in [9.17, 15) is 0 Å². The number of rotatable bonds is 3. The quantitative estimate of drug-likeness (QED) is 0.504. The SMILES string of the molecule is N=C(N)c1ccc(Sc2cc3ccccc3[nH]2)cn1. The Balaban J connectivity index is 1.86. The maximum atomic E-state index is 7.30. The van der Waals surface area contributed by atoms with Crippen LogP contribution in [-0.4, -0.2) is 15.8 Å². The molecule has 3 aromatic rings. The molecular weight excluding hydrogens is 256 g/mol. The predicted molar refractivity (Wildman–Crippen MR) is 77.7 cm³/mol. The van der Waals surface area contributed by atoms with Crippen LogP contribution in [0.2, 0.25) is 0 Å². The summed E-state index contributed by atoms with van der Waals surface area (Å²) in [6, 6.07) is 13.9. The lowest BCUT2D eigenvalue weighted by Crippen LogP contribution is -2.12. The second kappa shape index (κ2) is 4.78. The van der Waals surface area contributed by atoms with Crippen LogP contribution in [0, 0.1) is 5.41 Å². The summed E-state index contributed by atoms with van der Waals surface area (Å²) in [7, 11) is 0. The Morgan fingerprint density at radius 2 is 2.05 bits per heavy atom. The predicted octanol–water partition coefficient (Wildman–Crippen LogP) is 3.00. The van der Waals surface area contributed by atoms with Crippen molar-refractivity contribution in [3.05, 3.63) is 54.4 Å². The molecule has 0 saturated heterocycles. The molecule has 0 fully saturated rings. The van der Waals surface area contributed by atoms with Crippen molar-refractivity contribution in [2.45, 2.75) is 9.92 Å². The zero-order valence-electron chi connectivity index (χ0n) is 10.1. The number of fused-ring (bicyclic) bond motifs is 1. The third-order valence-corrected chi connectivity index (χ3v) is 3.66. The van der Waals surface area contributed by atoms with Crippen molar-refractivity contribution >= 4 is 28.5 Å². The molecule has 4 N–H and O–H groups in total. The summed E-state index contributed by atoms with van der Waals surface area (Å²) in [4.78, 5) is 8.50. The number of H-pyrrole nitrogens is 1. The van der Waals surface area contributed by atoms with Crippen molar-refractivity contribution in [2.24, 2.45) is 5.73 Å². The normalized spacial score (nSPS) is 10.7. The number of nitrogens with one attached hydrogen (secondary N) is 2. The first-order valence-corrected chi connectivity index (χ1v) is 6.60. The fourth-order valence-corrected chi connectivity index (χ4v) is 2.67. The van der Waals surface area contributed by atoms with E-state index >= 15 is 0 Å². The fraction of sp³-hybridized carbons (Fsp3) is 0. The lowest BCUT2D eigenvalue weighted by Gasteiger charge is -2.00. The summed E-state index contributed by atoms with van der Waals surface area (Å²) < 4.78 is 0. The second-order valence-corrected chi connectivity index (χ2v) is 5.23. The van der Waals surface area contributed by atoms with Gasteiger partial charge in [0.1, 0.15) is 11.5 Å². The van der Waals surface area contributed by atoms with E-state index in [1.165, 1.54) is 5.39 Å².